The molecule has 1 N–H and O–H groups in total. The SMILES string of the molecule is COc1ccc(C(=O)Nc2ccc(SCC(=O)c3ccc(Cl)c(Cl)c3)cc2)cc1. The standard InChI is InChI=1S/C22H17Cl2NO3S/c1-28-17-7-2-14(3-8-17)22(27)25-16-5-9-18(10-6-16)29-13-21(26)15-4-11-19(23)20(24)12-15/h2-12H,13H2,1H3,(H,25,27). The second-order valence-electron chi connectivity index (χ2n) is 6.05. The van der Waals surface area contributed by atoms with Crippen LogP contribution in [-0.4, -0.2) is 24.6 Å². The van der Waals surface area contributed by atoms with E-state index in [1.165, 1.54) is 11.8 Å². The topological polar surface area (TPSA) is 55.4 Å². The van der Waals surface area contributed by atoms with E-state index >= 15 is 0 Å². The molecule has 0 aromatic heterocycles. The summed E-state index contributed by atoms with van der Waals surface area (Å²) in [5.41, 5.74) is 1.73. The van der Waals surface area contributed by atoms with Crippen LogP contribution < -0.4 is 10.1 Å². The zero-order valence-corrected chi connectivity index (χ0v) is 17.8. The van der Waals surface area contributed by atoms with Crippen molar-refractivity contribution < 1.29 is 14.3 Å². The van der Waals surface area contributed by atoms with Gasteiger partial charge >= 0.3 is 0 Å². The number of ether oxygens (including phenoxy) is 1. The fraction of sp³-hybridized carbons (Fsp3) is 0.0909. The van der Waals surface area contributed by atoms with Crippen LogP contribution in [-0.2, 0) is 0 Å². The summed E-state index contributed by atoms with van der Waals surface area (Å²) in [5.74, 6) is 0.724. The van der Waals surface area contributed by atoms with Crippen molar-refractivity contribution in [3.63, 3.8) is 0 Å². The van der Waals surface area contributed by atoms with Gasteiger partial charge in [0.25, 0.3) is 5.91 Å². The molecular weight excluding hydrogens is 429 g/mol. The van der Waals surface area contributed by atoms with Gasteiger partial charge in [-0.15, -0.1) is 11.8 Å². The van der Waals surface area contributed by atoms with E-state index in [-0.39, 0.29) is 17.4 Å². The molecule has 3 aromatic rings. The number of amides is 1. The minimum absolute atomic E-state index is 0.0366. The Balaban J connectivity index is 1.56. The smallest absolute Gasteiger partial charge is 0.255 e. The molecule has 0 saturated heterocycles. The van der Waals surface area contributed by atoms with E-state index in [1.54, 1.807) is 61.7 Å². The first kappa shape index (κ1) is 21.2. The third kappa shape index (κ3) is 5.76. The van der Waals surface area contributed by atoms with E-state index in [2.05, 4.69) is 5.32 Å². The molecular formula is C22H17Cl2NO3S. The predicted octanol–water partition coefficient (Wildman–Crippen LogP) is 6.23. The number of methoxy groups -OCH3 is 1. The van der Waals surface area contributed by atoms with Crippen LogP contribution in [0.25, 0.3) is 0 Å². The lowest BCUT2D eigenvalue weighted by Gasteiger charge is -2.07. The van der Waals surface area contributed by atoms with Crippen LogP contribution in [0.15, 0.2) is 71.6 Å². The first-order valence-electron chi connectivity index (χ1n) is 8.63. The summed E-state index contributed by atoms with van der Waals surface area (Å²) in [5, 5.41) is 3.62. The Kier molecular flexibility index (Phi) is 7.20. The van der Waals surface area contributed by atoms with Crippen molar-refractivity contribution in [2.45, 2.75) is 4.90 Å². The van der Waals surface area contributed by atoms with E-state index in [0.717, 1.165) is 4.90 Å². The number of anilines is 1. The molecule has 7 heteroatoms. The van der Waals surface area contributed by atoms with Crippen LogP contribution in [0.4, 0.5) is 5.69 Å². The van der Waals surface area contributed by atoms with Gasteiger partial charge in [-0.3, -0.25) is 9.59 Å². The van der Waals surface area contributed by atoms with E-state index in [0.29, 0.717) is 32.6 Å². The Labute approximate surface area is 183 Å². The molecule has 0 aliphatic heterocycles. The van der Waals surface area contributed by atoms with Gasteiger partial charge in [0.15, 0.2) is 5.78 Å². The zero-order valence-electron chi connectivity index (χ0n) is 15.4. The quantitative estimate of drug-likeness (QED) is 0.345. The number of ketones is 1. The lowest BCUT2D eigenvalue weighted by Crippen LogP contribution is -2.11. The maximum absolute atomic E-state index is 12.3. The van der Waals surface area contributed by atoms with Gasteiger partial charge in [0.05, 0.1) is 22.9 Å². The number of halogens is 2. The fourth-order valence-electron chi connectivity index (χ4n) is 2.48. The van der Waals surface area contributed by atoms with Gasteiger partial charge in [-0.25, -0.2) is 0 Å². The molecule has 148 valence electrons. The zero-order chi connectivity index (χ0) is 20.8. The molecule has 0 unspecified atom stereocenters. The van der Waals surface area contributed by atoms with Crippen molar-refractivity contribution in [1.82, 2.24) is 0 Å². The van der Waals surface area contributed by atoms with E-state index in [1.807, 2.05) is 12.1 Å². The second kappa shape index (κ2) is 9.83. The molecule has 0 fully saturated rings. The van der Waals surface area contributed by atoms with Gasteiger partial charge in [-0.2, -0.15) is 0 Å². The highest BCUT2D eigenvalue weighted by atomic mass is 35.5. The summed E-state index contributed by atoms with van der Waals surface area (Å²) in [4.78, 5) is 25.5. The van der Waals surface area contributed by atoms with Crippen molar-refractivity contribution in [2.24, 2.45) is 0 Å². The Hall–Kier alpha value is -2.47. The van der Waals surface area contributed by atoms with Crippen molar-refractivity contribution >= 4 is 52.3 Å². The summed E-state index contributed by atoms with van der Waals surface area (Å²) in [7, 11) is 1.58. The molecule has 0 heterocycles. The van der Waals surface area contributed by atoms with Gasteiger partial charge in [0, 0.05) is 21.7 Å². The first-order valence-corrected chi connectivity index (χ1v) is 10.4. The summed E-state index contributed by atoms with van der Waals surface area (Å²) in [6, 6.07) is 19.0. The number of carbonyl (C=O) groups excluding carboxylic acids is 2. The molecule has 0 bridgehead atoms. The number of hydrogen-bond acceptors (Lipinski definition) is 4. The molecule has 29 heavy (non-hydrogen) atoms. The average Bonchev–Trinajstić information content (AvgIpc) is 2.75. The van der Waals surface area contributed by atoms with Crippen molar-refractivity contribution in [1.29, 1.82) is 0 Å². The Bertz CT molecular complexity index is 1020. The number of benzene rings is 3. The fourth-order valence-corrected chi connectivity index (χ4v) is 3.57. The number of hydrogen-bond donors (Lipinski definition) is 1. The molecule has 0 atom stereocenters. The van der Waals surface area contributed by atoms with Crippen LogP contribution >= 0.6 is 35.0 Å². The van der Waals surface area contributed by atoms with E-state index in [9.17, 15) is 9.59 Å². The van der Waals surface area contributed by atoms with Crippen LogP contribution in [0.1, 0.15) is 20.7 Å². The maximum Gasteiger partial charge on any atom is 0.255 e. The summed E-state index contributed by atoms with van der Waals surface area (Å²) < 4.78 is 5.09. The maximum atomic E-state index is 12.3. The minimum Gasteiger partial charge on any atom is -0.497 e. The predicted molar refractivity (Wildman–Crippen MR) is 119 cm³/mol. The monoisotopic (exact) mass is 445 g/mol. The van der Waals surface area contributed by atoms with Gasteiger partial charge in [0.2, 0.25) is 0 Å². The van der Waals surface area contributed by atoms with Crippen LogP contribution in [0.2, 0.25) is 10.0 Å². The third-order valence-electron chi connectivity index (χ3n) is 4.08. The van der Waals surface area contributed by atoms with E-state index < -0.39 is 0 Å². The third-order valence-corrected chi connectivity index (χ3v) is 5.83. The lowest BCUT2D eigenvalue weighted by atomic mass is 10.1. The van der Waals surface area contributed by atoms with Gasteiger partial charge in [-0.05, 0) is 66.7 Å². The number of carbonyl (C=O) groups is 2. The van der Waals surface area contributed by atoms with Crippen molar-refractivity contribution in [3.05, 3.63) is 87.9 Å². The molecule has 3 aromatic carbocycles. The van der Waals surface area contributed by atoms with Crippen molar-refractivity contribution in [2.75, 3.05) is 18.2 Å². The summed E-state index contributed by atoms with van der Waals surface area (Å²) in [6.07, 6.45) is 0. The average molecular weight is 446 g/mol. The molecule has 1 amide bonds. The second-order valence-corrected chi connectivity index (χ2v) is 7.91. The Morgan fingerprint density at radius 1 is 0.897 bits per heavy atom. The van der Waals surface area contributed by atoms with Crippen LogP contribution in [0, 0.1) is 0 Å². The van der Waals surface area contributed by atoms with Gasteiger partial charge in [-0.1, -0.05) is 23.2 Å². The number of thioether (sulfide) groups is 1. The summed E-state index contributed by atoms with van der Waals surface area (Å²) in [6.45, 7) is 0. The highest BCUT2D eigenvalue weighted by molar-refractivity contribution is 8.00. The van der Waals surface area contributed by atoms with Gasteiger partial charge in [0.1, 0.15) is 5.75 Å². The molecule has 0 spiro atoms. The normalized spacial score (nSPS) is 10.4. The van der Waals surface area contributed by atoms with Crippen molar-refractivity contribution in [3.8, 4) is 5.75 Å². The molecule has 3 rings (SSSR count). The number of nitrogens with one attached hydrogen (secondary N) is 1. The van der Waals surface area contributed by atoms with E-state index in [4.69, 9.17) is 27.9 Å². The molecule has 4 nitrogen and oxygen atoms in total. The van der Waals surface area contributed by atoms with Crippen LogP contribution in [0.3, 0.4) is 0 Å². The Morgan fingerprint density at radius 2 is 1.55 bits per heavy atom. The number of Topliss-reactive ketones (excluding diaryl/α,β-unsaturated/α-hetero) is 1. The number of rotatable bonds is 7. The lowest BCUT2D eigenvalue weighted by molar-refractivity contribution is 0.101. The first-order chi connectivity index (χ1) is 14.0. The molecule has 0 radical (unpaired) electrons. The summed E-state index contributed by atoms with van der Waals surface area (Å²) >= 11 is 13.2. The Morgan fingerprint density at radius 3 is 2.17 bits per heavy atom. The molecule has 0 aliphatic rings. The van der Waals surface area contributed by atoms with Crippen LogP contribution in [0.5, 0.6) is 5.75 Å². The van der Waals surface area contributed by atoms with Gasteiger partial charge < -0.3 is 10.1 Å². The minimum atomic E-state index is -0.206. The highest BCUT2D eigenvalue weighted by Gasteiger charge is 2.10. The molecule has 0 aliphatic carbocycles. The molecule has 0 saturated carbocycles. The highest BCUT2D eigenvalue weighted by Crippen LogP contribution is 2.25. The largest absolute Gasteiger partial charge is 0.497 e.